The largest absolute Gasteiger partial charge is 0.489 e. The zero-order chi connectivity index (χ0) is 18.6. The number of amides is 1. The van der Waals surface area contributed by atoms with E-state index in [1.807, 2.05) is 0 Å². The van der Waals surface area contributed by atoms with Crippen molar-refractivity contribution in [2.75, 3.05) is 18.4 Å². The number of halogens is 3. The van der Waals surface area contributed by atoms with Gasteiger partial charge in [0.05, 0.1) is 11.5 Å². The van der Waals surface area contributed by atoms with Crippen molar-refractivity contribution in [2.24, 2.45) is 5.92 Å². The Hall–Kier alpha value is -2.54. The normalized spacial score (nSPS) is 17.1. The Kier molecular flexibility index (Phi) is 5.46. The van der Waals surface area contributed by atoms with Gasteiger partial charge in [0.25, 0.3) is 0 Å². The highest BCUT2D eigenvalue weighted by molar-refractivity contribution is 5.92. The third-order valence-electron chi connectivity index (χ3n) is 4.21. The summed E-state index contributed by atoms with van der Waals surface area (Å²) in [5, 5.41) is 5.99. The minimum atomic E-state index is -4.37. The SMILES string of the molecule is O=C(Nc1ccc(OCc2cccc(C(F)(F)F)c2)cc1)C1CCNC1. The van der Waals surface area contributed by atoms with E-state index in [1.165, 1.54) is 6.07 Å². The average Bonchev–Trinajstić information content (AvgIpc) is 3.15. The summed E-state index contributed by atoms with van der Waals surface area (Å²) in [7, 11) is 0. The Morgan fingerprint density at radius 1 is 1.19 bits per heavy atom. The standard InChI is InChI=1S/C19H19F3N2O2/c20-19(21,22)15-3-1-2-13(10-15)12-26-17-6-4-16(5-7-17)24-18(25)14-8-9-23-11-14/h1-7,10,14,23H,8-9,11-12H2,(H,24,25). The predicted molar refractivity (Wildman–Crippen MR) is 91.8 cm³/mol. The van der Waals surface area contributed by atoms with E-state index >= 15 is 0 Å². The van der Waals surface area contributed by atoms with Crippen molar-refractivity contribution in [1.29, 1.82) is 0 Å². The summed E-state index contributed by atoms with van der Waals surface area (Å²) in [6.45, 7) is 1.56. The fourth-order valence-corrected chi connectivity index (χ4v) is 2.76. The van der Waals surface area contributed by atoms with Crippen LogP contribution in [0.15, 0.2) is 48.5 Å². The van der Waals surface area contributed by atoms with Crippen LogP contribution in [0.5, 0.6) is 5.75 Å². The Morgan fingerprint density at radius 2 is 1.96 bits per heavy atom. The molecule has 1 amide bonds. The number of carbonyl (C=O) groups excluding carboxylic acids is 1. The quantitative estimate of drug-likeness (QED) is 0.848. The molecule has 0 aliphatic carbocycles. The van der Waals surface area contributed by atoms with Crippen molar-refractivity contribution in [3.63, 3.8) is 0 Å². The summed E-state index contributed by atoms with van der Waals surface area (Å²) >= 11 is 0. The number of benzene rings is 2. The van der Waals surface area contributed by atoms with Gasteiger partial charge in [0.15, 0.2) is 0 Å². The minimum absolute atomic E-state index is 0.0207. The highest BCUT2D eigenvalue weighted by Crippen LogP contribution is 2.29. The number of ether oxygens (including phenoxy) is 1. The Morgan fingerprint density at radius 3 is 2.62 bits per heavy atom. The van der Waals surface area contributed by atoms with E-state index in [4.69, 9.17) is 4.74 Å². The van der Waals surface area contributed by atoms with Crippen molar-refractivity contribution in [1.82, 2.24) is 5.32 Å². The van der Waals surface area contributed by atoms with Gasteiger partial charge in [-0.2, -0.15) is 13.2 Å². The van der Waals surface area contributed by atoms with Crippen LogP contribution in [-0.2, 0) is 17.6 Å². The Balaban J connectivity index is 1.55. The lowest BCUT2D eigenvalue weighted by Crippen LogP contribution is -2.24. The van der Waals surface area contributed by atoms with E-state index in [-0.39, 0.29) is 18.4 Å². The molecular formula is C19H19F3N2O2. The molecule has 0 bridgehead atoms. The summed E-state index contributed by atoms with van der Waals surface area (Å²) in [4.78, 5) is 12.0. The maximum atomic E-state index is 12.7. The highest BCUT2D eigenvalue weighted by atomic mass is 19.4. The van der Waals surface area contributed by atoms with Crippen LogP contribution in [0, 0.1) is 5.92 Å². The average molecular weight is 364 g/mol. The molecule has 0 saturated carbocycles. The maximum Gasteiger partial charge on any atom is 0.416 e. The van der Waals surface area contributed by atoms with Gasteiger partial charge >= 0.3 is 6.18 Å². The van der Waals surface area contributed by atoms with Crippen LogP contribution in [-0.4, -0.2) is 19.0 Å². The number of alkyl halides is 3. The van der Waals surface area contributed by atoms with Crippen LogP contribution in [0.1, 0.15) is 17.5 Å². The second kappa shape index (κ2) is 7.78. The molecule has 138 valence electrons. The van der Waals surface area contributed by atoms with E-state index < -0.39 is 11.7 Å². The maximum absolute atomic E-state index is 12.7. The molecule has 1 heterocycles. The summed E-state index contributed by atoms with van der Waals surface area (Å²) in [5.74, 6) is 0.474. The molecule has 0 radical (unpaired) electrons. The van der Waals surface area contributed by atoms with Gasteiger partial charge in [0.2, 0.25) is 5.91 Å². The molecule has 0 aromatic heterocycles. The zero-order valence-corrected chi connectivity index (χ0v) is 14.0. The Bertz CT molecular complexity index is 754. The van der Waals surface area contributed by atoms with E-state index in [0.29, 0.717) is 23.5 Å². The van der Waals surface area contributed by atoms with Gasteiger partial charge in [-0.25, -0.2) is 0 Å². The third-order valence-corrected chi connectivity index (χ3v) is 4.21. The van der Waals surface area contributed by atoms with Crippen LogP contribution < -0.4 is 15.4 Å². The van der Waals surface area contributed by atoms with Gasteiger partial charge in [0, 0.05) is 12.2 Å². The van der Waals surface area contributed by atoms with Crippen molar-refractivity contribution in [3.05, 3.63) is 59.7 Å². The van der Waals surface area contributed by atoms with Crippen LogP contribution in [0.2, 0.25) is 0 Å². The van der Waals surface area contributed by atoms with Crippen molar-refractivity contribution in [2.45, 2.75) is 19.2 Å². The molecule has 1 atom stereocenters. The molecule has 1 aliphatic rings. The van der Waals surface area contributed by atoms with Crippen molar-refractivity contribution >= 4 is 11.6 Å². The zero-order valence-electron chi connectivity index (χ0n) is 14.0. The van der Waals surface area contributed by atoms with Crippen LogP contribution in [0.25, 0.3) is 0 Å². The number of anilines is 1. The molecule has 4 nitrogen and oxygen atoms in total. The van der Waals surface area contributed by atoms with Crippen LogP contribution >= 0.6 is 0 Å². The van der Waals surface area contributed by atoms with Gasteiger partial charge in [0.1, 0.15) is 12.4 Å². The fraction of sp³-hybridized carbons (Fsp3) is 0.316. The summed E-state index contributed by atoms with van der Waals surface area (Å²) in [6, 6.07) is 11.8. The number of rotatable bonds is 5. The molecule has 3 rings (SSSR count). The molecule has 26 heavy (non-hydrogen) atoms. The molecule has 1 unspecified atom stereocenters. The van der Waals surface area contributed by atoms with Gasteiger partial charge in [-0.3, -0.25) is 4.79 Å². The first-order valence-electron chi connectivity index (χ1n) is 8.32. The van der Waals surface area contributed by atoms with Crippen molar-refractivity contribution < 1.29 is 22.7 Å². The Labute approximate surface area is 149 Å². The number of hydrogen-bond donors (Lipinski definition) is 2. The predicted octanol–water partition coefficient (Wildman–Crippen LogP) is 3.83. The summed E-state index contributed by atoms with van der Waals surface area (Å²) in [6.07, 6.45) is -3.55. The smallest absolute Gasteiger partial charge is 0.416 e. The summed E-state index contributed by atoms with van der Waals surface area (Å²) in [5.41, 5.74) is 0.400. The summed E-state index contributed by atoms with van der Waals surface area (Å²) < 4.78 is 43.7. The molecule has 1 fully saturated rings. The molecule has 0 spiro atoms. The molecule has 2 N–H and O–H groups in total. The lowest BCUT2D eigenvalue weighted by molar-refractivity contribution is -0.137. The molecule has 2 aromatic rings. The van der Waals surface area contributed by atoms with Gasteiger partial charge < -0.3 is 15.4 Å². The minimum Gasteiger partial charge on any atom is -0.489 e. The van der Waals surface area contributed by atoms with E-state index in [9.17, 15) is 18.0 Å². The monoisotopic (exact) mass is 364 g/mol. The second-order valence-electron chi connectivity index (χ2n) is 6.19. The highest BCUT2D eigenvalue weighted by Gasteiger charge is 2.30. The van der Waals surface area contributed by atoms with Gasteiger partial charge in [-0.1, -0.05) is 12.1 Å². The van der Waals surface area contributed by atoms with Crippen molar-refractivity contribution in [3.8, 4) is 5.75 Å². The van der Waals surface area contributed by atoms with E-state index in [1.54, 1.807) is 30.3 Å². The van der Waals surface area contributed by atoms with Gasteiger partial charge in [-0.05, 0) is 54.9 Å². The van der Waals surface area contributed by atoms with Crippen LogP contribution in [0.4, 0.5) is 18.9 Å². The third kappa shape index (κ3) is 4.76. The van der Waals surface area contributed by atoms with E-state index in [2.05, 4.69) is 10.6 Å². The lowest BCUT2D eigenvalue weighted by Gasteiger charge is -2.12. The topological polar surface area (TPSA) is 50.4 Å². The second-order valence-corrected chi connectivity index (χ2v) is 6.19. The first-order chi connectivity index (χ1) is 12.4. The van der Waals surface area contributed by atoms with Crippen LogP contribution in [0.3, 0.4) is 0 Å². The first-order valence-corrected chi connectivity index (χ1v) is 8.32. The number of carbonyl (C=O) groups is 1. The molecular weight excluding hydrogens is 345 g/mol. The fourth-order valence-electron chi connectivity index (χ4n) is 2.76. The molecule has 1 saturated heterocycles. The molecule has 7 heteroatoms. The number of nitrogens with one attached hydrogen (secondary N) is 2. The van der Waals surface area contributed by atoms with E-state index in [0.717, 1.165) is 25.1 Å². The molecule has 1 aliphatic heterocycles. The molecule has 2 aromatic carbocycles. The first kappa shape index (κ1) is 18.3. The lowest BCUT2D eigenvalue weighted by atomic mass is 10.1. The van der Waals surface area contributed by atoms with Gasteiger partial charge in [-0.15, -0.1) is 0 Å². The number of hydrogen-bond acceptors (Lipinski definition) is 3.